The minimum absolute atomic E-state index is 0.0227. The van der Waals surface area contributed by atoms with Crippen molar-refractivity contribution in [3.05, 3.63) is 90.1 Å². The molecule has 0 fully saturated rings. The van der Waals surface area contributed by atoms with Gasteiger partial charge in [0.25, 0.3) is 0 Å². The van der Waals surface area contributed by atoms with E-state index in [-0.39, 0.29) is 5.91 Å². The molecule has 0 aliphatic rings. The van der Waals surface area contributed by atoms with Crippen molar-refractivity contribution >= 4 is 38.7 Å². The predicted octanol–water partition coefficient (Wildman–Crippen LogP) is 5.40. The van der Waals surface area contributed by atoms with Gasteiger partial charge in [-0.05, 0) is 28.5 Å². The van der Waals surface area contributed by atoms with Gasteiger partial charge in [0.1, 0.15) is 0 Å². The average Bonchev–Trinajstić information content (AvgIpc) is 3.31. The summed E-state index contributed by atoms with van der Waals surface area (Å²) >= 11 is 1.61. The summed E-state index contributed by atoms with van der Waals surface area (Å²) in [5, 5.41) is 7.32. The second kappa shape index (κ2) is 6.94. The highest BCUT2D eigenvalue weighted by molar-refractivity contribution is 7.15. The fraction of sp³-hybridized carbons (Fsp3) is 0.0435. The number of thiazole rings is 1. The van der Waals surface area contributed by atoms with Gasteiger partial charge in [-0.3, -0.25) is 9.20 Å². The SMILES string of the molecule is O=C(Cc1ccc2ccccc2c1)Nc1ccc(-c2cn3ccsc3n2)cc1. The van der Waals surface area contributed by atoms with Crippen molar-refractivity contribution in [1.29, 1.82) is 0 Å². The summed E-state index contributed by atoms with van der Waals surface area (Å²) in [4.78, 5) is 18.0. The molecule has 1 N–H and O–H groups in total. The molecule has 5 aromatic rings. The molecule has 0 aliphatic carbocycles. The molecule has 4 nitrogen and oxygen atoms in total. The molecule has 2 aromatic heterocycles. The maximum absolute atomic E-state index is 12.4. The monoisotopic (exact) mass is 383 g/mol. The molecule has 0 spiro atoms. The molecule has 0 aliphatic heterocycles. The van der Waals surface area contributed by atoms with Crippen molar-refractivity contribution < 1.29 is 4.79 Å². The standard InChI is InChI=1S/C23H17N3OS/c27-22(14-16-5-6-17-3-1-2-4-19(17)13-16)24-20-9-7-18(8-10-20)21-15-26-11-12-28-23(26)25-21/h1-13,15H,14H2,(H,24,27). The molecule has 5 rings (SSSR count). The first-order valence-corrected chi connectivity index (χ1v) is 9.93. The van der Waals surface area contributed by atoms with Crippen molar-refractivity contribution in [2.75, 3.05) is 5.32 Å². The molecule has 136 valence electrons. The number of amides is 1. The van der Waals surface area contributed by atoms with Crippen LogP contribution in [0.25, 0.3) is 27.0 Å². The number of rotatable bonds is 4. The van der Waals surface area contributed by atoms with E-state index in [1.54, 1.807) is 11.3 Å². The summed E-state index contributed by atoms with van der Waals surface area (Å²) in [6, 6.07) is 22.1. The Morgan fingerprint density at radius 1 is 1.00 bits per heavy atom. The second-order valence-corrected chi connectivity index (χ2v) is 7.58. The zero-order valence-electron chi connectivity index (χ0n) is 15.0. The zero-order chi connectivity index (χ0) is 18.9. The molecule has 0 saturated heterocycles. The lowest BCUT2D eigenvalue weighted by molar-refractivity contribution is -0.115. The molecule has 5 heteroatoms. The van der Waals surface area contributed by atoms with Crippen molar-refractivity contribution in [3.8, 4) is 11.3 Å². The number of nitrogens with zero attached hydrogens (tertiary/aromatic N) is 2. The third-order valence-electron chi connectivity index (χ3n) is 4.74. The molecule has 0 radical (unpaired) electrons. The first-order chi connectivity index (χ1) is 13.7. The van der Waals surface area contributed by atoms with Gasteiger partial charge >= 0.3 is 0 Å². The summed E-state index contributed by atoms with van der Waals surface area (Å²) < 4.78 is 2.01. The molecule has 2 heterocycles. The van der Waals surface area contributed by atoms with Crippen LogP contribution in [-0.4, -0.2) is 15.3 Å². The predicted molar refractivity (Wildman–Crippen MR) is 115 cm³/mol. The highest BCUT2D eigenvalue weighted by Gasteiger charge is 2.08. The Hall–Kier alpha value is -3.44. The normalized spacial score (nSPS) is 11.1. The van der Waals surface area contributed by atoms with E-state index >= 15 is 0 Å². The smallest absolute Gasteiger partial charge is 0.228 e. The van der Waals surface area contributed by atoms with Gasteiger partial charge in [-0.1, -0.05) is 54.6 Å². The molecule has 0 saturated carbocycles. The topological polar surface area (TPSA) is 46.4 Å². The first kappa shape index (κ1) is 16.7. The lowest BCUT2D eigenvalue weighted by Gasteiger charge is -2.07. The maximum atomic E-state index is 12.4. The minimum Gasteiger partial charge on any atom is -0.326 e. The van der Waals surface area contributed by atoms with Crippen LogP contribution in [0.3, 0.4) is 0 Å². The number of carbonyl (C=O) groups is 1. The Kier molecular flexibility index (Phi) is 4.14. The van der Waals surface area contributed by atoms with Crippen LogP contribution in [0.1, 0.15) is 5.56 Å². The summed E-state index contributed by atoms with van der Waals surface area (Å²) in [6.07, 6.45) is 4.36. The highest BCUT2D eigenvalue weighted by atomic mass is 32.1. The van der Waals surface area contributed by atoms with Crippen LogP contribution in [0.5, 0.6) is 0 Å². The van der Waals surface area contributed by atoms with Gasteiger partial charge in [0, 0.05) is 29.0 Å². The number of hydrogen-bond acceptors (Lipinski definition) is 3. The largest absolute Gasteiger partial charge is 0.326 e. The Balaban J connectivity index is 1.28. The third kappa shape index (κ3) is 3.28. The van der Waals surface area contributed by atoms with Crippen LogP contribution < -0.4 is 5.32 Å². The zero-order valence-corrected chi connectivity index (χ0v) is 15.8. The van der Waals surface area contributed by atoms with E-state index < -0.39 is 0 Å². The van der Waals surface area contributed by atoms with E-state index in [1.165, 1.54) is 5.39 Å². The van der Waals surface area contributed by atoms with Crippen LogP contribution in [0.15, 0.2) is 84.5 Å². The van der Waals surface area contributed by atoms with E-state index in [4.69, 9.17) is 0 Å². The number of benzene rings is 3. The van der Waals surface area contributed by atoms with Gasteiger partial charge in [-0.25, -0.2) is 4.98 Å². The van der Waals surface area contributed by atoms with E-state index in [1.807, 2.05) is 64.6 Å². The highest BCUT2D eigenvalue weighted by Crippen LogP contribution is 2.23. The Bertz CT molecular complexity index is 1260. The van der Waals surface area contributed by atoms with Gasteiger partial charge in [0.15, 0.2) is 4.96 Å². The van der Waals surface area contributed by atoms with Crippen molar-refractivity contribution in [3.63, 3.8) is 0 Å². The van der Waals surface area contributed by atoms with Gasteiger partial charge in [0.05, 0.1) is 12.1 Å². The van der Waals surface area contributed by atoms with Crippen molar-refractivity contribution in [1.82, 2.24) is 9.38 Å². The lowest BCUT2D eigenvalue weighted by atomic mass is 10.0. The second-order valence-electron chi connectivity index (χ2n) is 6.70. The Morgan fingerprint density at radius 2 is 1.82 bits per heavy atom. The molecule has 28 heavy (non-hydrogen) atoms. The minimum atomic E-state index is -0.0227. The molecule has 0 bridgehead atoms. The number of fused-ring (bicyclic) bond motifs is 2. The third-order valence-corrected chi connectivity index (χ3v) is 5.51. The summed E-state index contributed by atoms with van der Waals surface area (Å²) in [6.45, 7) is 0. The van der Waals surface area contributed by atoms with Gasteiger partial charge < -0.3 is 5.32 Å². The van der Waals surface area contributed by atoms with E-state index in [9.17, 15) is 4.79 Å². The van der Waals surface area contributed by atoms with E-state index in [0.29, 0.717) is 6.42 Å². The number of hydrogen-bond donors (Lipinski definition) is 1. The summed E-state index contributed by atoms with van der Waals surface area (Å²) in [5.74, 6) is -0.0227. The average molecular weight is 383 g/mol. The fourth-order valence-corrected chi connectivity index (χ4v) is 4.03. The Labute approximate surface area is 166 Å². The maximum Gasteiger partial charge on any atom is 0.228 e. The number of nitrogens with one attached hydrogen (secondary N) is 1. The Morgan fingerprint density at radius 3 is 2.64 bits per heavy atom. The van der Waals surface area contributed by atoms with Gasteiger partial charge in [-0.2, -0.15) is 0 Å². The van der Waals surface area contributed by atoms with Crippen LogP contribution in [-0.2, 0) is 11.2 Å². The van der Waals surface area contributed by atoms with E-state index in [2.05, 4.69) is 34.6 Å². The van der Waals surface area contributed by atoms with Crippen LogP contribution >= 0.6 is 11.3 Å². The van der Waals surface area contributed by atoms with Crippen molar-refractivity contribution in [2.45, 2.75) is 6.42 Å². The first-order valence-electron chi connectivity index (χ1n) is 9.05. The van der Waals surface area contributed by atoms with Crippen LogP contribution in [0, 0.1) is 0 Å². The number of imidazole rings is 1. The number of anilines is 1. The van der Waals surface area contributed by atoms with Gasteiger partial charge in [-0.15, -0.1) is 11.3 Å². The number of aromatic nitrogens is 2. The number of carbonyl (C=O) groups excluding carboxylic acids is 1. The van der Waals surface area contributed by atoms with E-state index in [0.717, 1.165) is 32.9 Å². The molecule has 0 unspecified atom stereocenters. The molecule has 0 atom stereocenters. The summed E-state index contributed by atoms with van der Waals surface area (Å²) in [5.41, 5.74) is 3.76. The molecular formula is C23H17N3OS. The molecular weight excluding hydrogens is 366 g/mol. The van der Waals surface area contributed by atoms with Crippen LogP contribution in [0.4, 0.5) is 5.69 Å². The molecule has 1 amide bonds. The van der Waals surface area contributed by atoms with Gasteiger partial charge in [0.2, 0.25) is 5.91 Å². The summed E-state index contributed by atoms with van der Waals surface area (Å²) in [7, 11) is 0. The lowest BCUT2D eigenvalue weighted by Crippen LogP contribution is -2.14. The van der Waals surface area contributed by atoms with Crippen molar-refractivity contribution in [2.24, 2.45) is 0 Å². The van der Waals surface area contributed by atoms with Crippen LogP contribution in [0.2, 0.25) is 0 Å². The fourth-order valence-electron chi connectivity index (χ4n) is 3.33. The quantitative estimate of drug-likeness (QED) is 0.452. The molecule has 3 aromatic carbocycles.